The van der Waals surface area contributed by atoms with Gasteiger partial charge in [0, 0.05) is 57.1 Å². The third-order valence-electron chi connectivity index (χ3n) is 6.57. The fourth-order valence-electron chi connectivity index (χ4n) is 4.58. The molecule has 2 aromatic rings. The van der Waals surface area contributed by atoms with Crippen LogP contribution in [0.4, 0.5) is 11.4 Å². The smallest absolute Gasteiger partial charge is 0.253 e. The van der Waals surface area contributed by atoms with Gasteiger partial charge in [0.25, 0.3) is 5.91 Å². The number of hydrogen-bond acceptors (Lipinski definition) is 5. The topological polar surface area (TPSA) is 73.9 Å². The van der Waals surface area contributed by atoms with E-state index in [1.54, 1.807) is 0 Å². The molecule has 7 heteroatoms. The van der Waals surface area contributed by atoms with Crippen LogP contribution in [-0.4, -0.2) is 62.7 Å². The van der Waals surface area contributed by atoms with Crippen molar-refractivity contribution in [3.05, 3.63) is 59.2 Å². The predicted molar refractivity (Wildman–Crippen MR) is 135 cm³/mol. The number of unbranched alkanes of at least 4 members (excludes halogenated alkanes) is 1. The molecule has 0 aliphatic carbocycles. The number of hydrogen-bond donors (Lipinski definition) is 2. The Kier molecular flexibility index (Phi) is 8.55. The second-order valence-corrected chi connectivity index (χ2v) is 9.03. The Labute approximate surface area is 202 Å². The van der Waals surface area contributed by atoms with E-state index in [1.165, 1.54) is 11.1 Å². The van der Waals surface area contributed by atoms with Gasteiger partial charge in [0.05, 0.1) is 18.8 Å². The van der Waals surface area contributed by atoms with Crippen LogP contribution in [0.1, 0.15) is 47.7 Å². The lowest BCUT2D eigenvalue weighted by atomic mass is 9.98. The number of morpholine rings is 1. The van der Waals surface area contributed by atoms with E-state index in [1.807, 2.05) is 18.2 Å². The molecule has 2 aliphatic heterocycles. The van der Waals surface area contributed by atoms with Gasteiger partial charge >= 0.3 is 0 Å². The second kappa shape index (κ2) is 12.0. The minimum absolute atomic E-state index is 0.0137. The minimum atomic E-state index is -0.105. The van der Waals surface area contributed by atoms with Crippen molar-refractivity contribution in [1.29, 1.82) is 0 Å². The average Bonchev–Trinajstić information content (AvgIpc) is 2.87. The summed E-state index contributed by atoms with van der Waals surface area (Å²) in [7, 11) is 0. The summed E-state index contributed by atoms with van der Waals surface area (Å²) in [5, 5.41) is 6.06. The van der Waals surface area contributed by atoms with Crippen LogP contribution >= 0.6 is 0 Å². The van der Waals surface area contributed by atoms with Gasteiger partial charge in [-0.1, -0.05) is 37.6 Å². The molecule has 0 spiro atoms. The van der Waals surface area contributed by atoms with E-state index >= 15 is 0 Å². The molecular formula is C27H36N4O3. The van der Waals surface area contributed by atoms with Gasteiger partial charge < -0.3 is 20.3 Å². The number of anilines is 2. The second-order valence-electron chi connectivity index (χ2n) is 9.03. The van der Waals surface area contributed by atoms with Gasteiger partial charge in [-0.2, -0.15) is 0 Å². The number of rotatable bonds is 9. The highest BCUT2D eigenvalue weighted by atomic mass is 16.5. The predicted octanol–water partition coefficient (Wildman–Crippen LogP) is 3.44. The number of fused-ring (bicyclic) bond motifs is 1. The number of nitrogens with one attached hydrogen (secondary N) is 2. The summed E-state index contributed by atoms with van der Waals surface area (Å²) in [6.07, 6.45) is 3.26. The van der Waals surface area contributed by atoms with E-state index in [4.69, 9.17) is 4.74 Å². The quantitative estimate of drug-likeness (QED) is 0.595. The van der Waals surface area contributed by atoms with Crippen LogP contribution < -0.4 is 15.5 Å². The molecule has 1 saturated heterocycles. The highest BCUT2D eigenvalue weighted by Gasteiger charge is 2.22. The van der Waals surface area contributed by atoms with E-state index in [0.29, 0.717) is 24.2 Å². The van der Waals surface area contributed by atoms with Crippen molar-refractivity contribution in [2.45, 2.75) is 39.2 Å². The summed E-state index contributed by atoms with van der Waals surface area (Å²) in [6.45, 7) is 8.35. The molecule has 0 aromatic heterocycles. The fourth-order valence-corrected chi connectivity index (χ4v) is 4.58. The van der Waals surface area contributed by atoms with E-state index < -0.39 is 0 Å². The van der Waals surface area contributed by atoms with Crippen molar-refractivity contribution < 1.29 is 14.3 Å². The van der Waals surface area contributed by atoms with Crippen LogP contribution in [-0.2, 0) is 22.5 Å². The zero-order valence-corrected chi connectivity index (χ0v) is 20.1. The Hall–Kier alpha value is -2.90. The van der Waals surface area contributed by atoms with Crippen molar-refractivity contribution in [2.24, 2.45) is 0 Å². The van der Waals surface area contributed by atoms with Crippen LogP contribution in [0.25, 0.3) is 0 Å². The highest BCUT2D eigenvalue weighted by Crippen LogP contribution is 2.29. The molecule has 1 fully saturated rings. The van der Waals surface area contributed by atoms with Crippen molar-refractivity contribution >= 4 is 23.2 Å². The molecule has 182 valence electrons. The number of ether oxygens (including phenoxy) is 1. The number of nitrogens with zero attached hydrogens (tertiary/aromatic N) is 2. The van der Waals surface area contributed by atoms with E-state index in [-0.39, 0.29) is 11.8 Å². The van der Waals surface area contributed by atoms with Crippen LogP contribution in [0.15, 0.2) is 42.5 Å². The summed E-state index contributed by atoms with van der Waals surface area (Å²) in [4.78, 5) is 30.2. The number of amides is 2. The SMILES string of the molecule is CCCCC(=O)Nc1ccc(N2CCc3ccccc3C2)c(C(=O)NCCN2CCOCC2)c1. The Morgan fingerprint density at radius 2 is 1.82 bits per heavy atom. The van der Waals surface area contributed by atoms with E-state index in [0.717, 1.165) is 70.9 Å². The first-order valence-electron chi connectivity index (χ1n) is 12.5. The van der Waals surface area contributed by atoms with Gasteiger partial charge in [0.1, 0.15) is 0 Å². The van der Waals surface area contributed by atoms with Gasteiger partial charge in [0.2, 0.25) is 5.91 Å². The maximum atomic E-state index is 13.3. The fraction of sp³-hybridized carbons (Fsp3) is 0.481. The molecule has 0 saturated carbocycles. The molecule has 34 heavy (non-hydrogen) atoms. The Morgan fingerprint density at radius 3 is 2.62 bits per heavy atom. The Morgan fingerprint density at radius 1 is 1.03 bits per heavy atom. The normalized spacial score (nSPS) is 16.1. The standard InChI is InChI=1S/C27H36N4O3/c1-2-3-8-26(32)29-23-9-10-25(31-13-11-21-6-4-5-7-22(21)20-31)24(19-23)27(33)28-12-14-30-15-17-34-18-16-30/h4-7,9-10,19H,2-3,8,11-18,20H2,1H3,(H,28,33)(H,29,32). The maximum Gasteiger partial charge on any atom is 0.253 e. The summed E-state index contributed by atoms with van der Waals surface area (Å²) in [5.41, 5.74) is 4.85. The summed E-state index contributed by atoms with van der Waals surface area (Å²) in [6, 6.07) is 14.2. The van der Waals surface area contributed by atoms with Crippen LogP contribution in [0.3, 0.4) is 0 Å². The molecule has 2 aliphatic rings. The summed E-state index contributed by atoms with van der Waals surface area (Å²) >= 11 is 0. The third kappa shape index (κ3) is 6.36. The van der Waals surface area contributed by atoms with Crippen molar-refractivity contribution in [1.82, 2.24) is 10.2 Å². The first kappa shape index (κ1) is 24.2. The average molecular weight is 465 g/mol. The summed E-state index contributed by atoms with van der Waals surface area (Å²) < 4.78 is 5.40. The lowest BCUT2D eigenvalue weighted by Gasteiger charge is -2.32. The zero-order chi connectivity index (χ0) is 23.8. The number of carbonyl (C=O) groups excluding carboxylic acids is 2. The molecule has 0 atom stereocenters. The largest absolute Gasteiger partial charge is 0.379 e. The van der Waals surface area contributed by atoms with Crippen molar-refractivity contribution in [3.63, 3.8) is 0 Å². The highest BCUT2D eigenvalue weighted by molar-refractivity contribution is 6.02. The van der Waals surface area contributed by atoms with Gasteiger partial charge in [-0.15, -0.1) is 0 Å². The first-order valence-corrected chi connectivity index (χ1v) is 12.5. The van der Waals surface area contributed by atoms with Crippen LogP contribution in [0, 0.1) is 0 Å². The van der Waals surface area contributed by atoms with Crippen molar-refractivity contribution in [2.75, 3.05) is 56.2 Å². The van der Waals surface area contributed by atoms with Gasteiger partial charge in [0.15, 0.2) is 0 Å². The molecule has 2 N–H and O–H groups in total. The molecule has 0 radical (unpaired) electrons. The lowest BCUT2D eigenvalue weighted by Crippen LogP contribution is -2.41. The third-order valence-corrected chi connectivity index (χ3v) is 6.57. The van der Waals surface area contributed by atoms with E-state index in [2.05, 4.69) is 51.6 Å². The van der Waals surface area contributed by atoms with Gasteiger partial charge in [-0.3, -0.25) is 14.5 Å². The molecule has 0 unspecified atom stereocenters. The molecule has 2 heterocycles. The number of carbonyl (C=O) groups is 2. The monoisotopic (exact) mass is 464 g/mol. The molecule has 4 rings (SSSR count). The first-order chi connectivity index (χ1) is 16.6. The lowest BCUT2D eigenvalue weighted by molar-refractivity contribution is -0.116. The summed E-state index contributed by atoms with van der Waals surface area (Å²) in [5.74, 6) is -0.119. The van der Waals surface area contributed by atoms with E-state index in [9.17, 15) is 9.59 Å². The van der Waals surface area contributed by atoms with Crippen LogP contribution in [0.5, 0.6) is 0 Å². The number of benzene rings is 2. The molecule has 2 aromatic carbocycles. The molecule has 2 amide bonds. The zero-order valence-electron chi connectivity index (χ0n) is 20.1. The van der Waals surface area contributed by atoms with Crippen molar-refractivity contribution in [3.8, 4) is 0 Å². The maximum absolute atomic E-state index is 13.3. The van der Waals surface area contributed by atoms with Gasteiger partial charge in [-0.25, -0.2) is 0 Å². The Balaban J connectivity index is 1.50. The molecule has 7 nitrogen and oxygen atoms in total. The minimum Gasteiger partial charge on any atom is -0.379 e. The van der Waals surface area contributed by atoms with Crippen LogP contribution in [0.2, 0.25) is 0 Å². The Bertz CT molecular complexity index is 988. The molecule has 0 bridgehead atoms. The molecular weight excluding hydrogens is 428 g/mol. The van der Waals surface area contributed by atoms with Gasteiger partial charge in [-0.05, 0) is 42.2 Å².